The lowest BCUT2D eigenvalue weighted by molar-refractivity contribution is 0.0725. The first kappa shape index (κ1) is 16.7. The highest BCUT2D eigenvalue weighted by molar-refractivity contribution is 7.89. The van der Waals surface area contributed by atoms with Gasteiger partial charge in [-0.05, 0) is 26.0 Å². The van der Waals surface area contributed by atoms with Gasteiger partial charge in [-0.1, -0.05) is 23.7 Å². The highest BCUT2D eigenvalue weighted by atomic mass is 35.5. The number of halogens is 1. The SMILES string of the molecule is C=CCN(C(=O)c1c(Cl)cccc1S(N)(=O)=O)C(C)C. The predicted octanol–water partition coefficient (Wildman–Crippen LogP) is 2.02. The fourth-order valence-corrected chi connectivity index (χ4v) is 2.82. The monoisotopic (exact) mass is 316 g/mol. The van der Waals surface area contributed by atoms with Crippen molar-refractivity contribution >= 4 is 27.5 Å². The Hall–Kier alpha value is -1.37. The summed E-state index contributed by atoms with van der Waals surface area (Å²) in [7, 11) is -4.03. The van der Waals surface area contributed by atoms with Crippen molar-refractivity contribution in [1.29, 1.82) is 0 Å². The molecule has 0 bridgehead atoms. The number of primary sulfonamides is 1. The van der Waals surface area contributed by atoms with E-state index in [0.29, 0.717) is 0 Å². The summed E-state index contributed by atoms with van der Waals surface area (Å²) in [6.07, 6.45) is 1.56. The lowest BCUT2D eigenvalue weighted by Gasteiger charge is -2.26. The molecule has 0 saturated carbocycles. The fourth-order valence-electron chi connectivity index (χ4n) is 1.76. The number of sulfonamides is 1. The van der Waals surface area contributed by atoms with E-state index in [1.807, 2.05) is 13.8 Å². The molecule has 0 unspecified atom stereocenters. The standard InChI is InChI=1S/C13H17ClN2O3S/c1-4-8-16(9(2)3)13(17)12-10(14)6-5-7-11(12)20(15,18)19/h4-7,9H,1,8H2,2-3H3,(H2,15,18,19). The molecule has 0 aromatic heterocycles. The van der Waals surface area contributed by atoms with Gasteiger partial charge in [0.1, 0.15) is 0 Å². The Morgan fingerprint density at radius 3 is 2.55 bits per heavy atom. The van der Waals surface area contributed by atoms with Crippen molar-refractivity contribution in [3.05, 3.63) is 41.4 Å². The van der Waals surface area contributed by atoms with Gasteiger partial charge < -0.3 is 4.90 Å². The van der Waals surface area contributed by atoms with Crippen LogP contribution >= 0.6 is 11.6 Å². The minimum absolute atomic E-state index is 0.0521. The van der Waals surface area contributed by atoms with Gasteiger partial charge in [0.2, 0.25) is 10.0 Å². The van der Waals surface area contributed by atoms with Crippen molar-refractivity contribution in [3.63, 3.8) is 0 Å². The van der Waals surface area contributed by atoms with Crippen LogP contribution in [0.3, 0.4) is 0 Å². The van der Waals surface area contributed by atoms with Gasteiger partial charge in [0.15, 0.2) is 0 Å². The Balaban J connectivity index is 3.45. The second-order valence-electron chi connectivity index (χ2n) is 4.50. The van der Waals surface area contributed by atoms with E-state index in [9.17, 15) is 13.2 Å². The summed E-state index contributed by atoms with van der Waals surface area (Å²) < 4.78 is 23.2. The number of amides is 1. The van der Waals surface area contributed by atoms with Gasteiger partial charge in [0.05, 0.1) is 15.5 Å². The van der Waals surface area contributed by atoms with E-state index < -0.39 is 15.9 Å². The van der Waals surface area contributed by atoms with Crippen molar-refractivity contribution in [1.82, 2.24) is 4.90 Å². The third-order valence-corrected chi connectivity index (χ3v) is 3.97. The molecular weight excluding hydrogens is 300 g/mol. The molecule has 0 heterocycles. The van der Waals surface area contributed by atoms with E-state index in [1.165, 1.54) is 23.1 Å². The molecule has 0 radical (unpaired) electrons. The van der Waals surface area contributed by atoms with Crippen LogP contribution in [0.15, 0.2) is 35.7 Å². The van der Waals surface area contributed by atoms with Crippen LogP contribution in [0.5, 0.6) is 0 Å². The van der Waals surface area contributed by atoms with E-state index in [2.05, 4.69) is 6.58 Å². The Morgan fingerprint density at radius 2 is 2.10 bits per heavy atom. The summed E-state index contributed by atoms with van der Waals surface area (Å²) in [5.74, 6) is -0.491. The van der Waals surface area contributed by atoms with Gasteiger partial charge in [-0.3, -0.25) is 4.79 Å². The number of hydrogen-bond donors (Lipinski definition) is 1. The van der Waals surface area contributed by atoms with Crippen LogP contribution < -0.4 is 5.14 Å². The zero-order chi connectivity index (χ0) is 15.5. The van der Waals surface area contributed by atoms with E-state index in [1.54, 1.807) is 6.08 Å². The number of carbonyl (C=O) groups excluding carboxylic acids is 1. The third-order valence-electron chi connectivity index (χ3n) is 2.71. The van der Waals surface area contributed by atoms with Gasteiger partial charge in [-0.15, -0.1) is 6.58 Å². The molecule has 7 heteroatoms. The van der Waals surface area contributed by atoms with Crippen LogP contribution in [0.2, 0.25) is 5.02 Å². The van der Waals surface area contributed by atoms with Gasteiger partial charge >= 0.3 is 0 Å². The molecule has 1 aromatic rings. The zero-order valence-electron chi connectivity index (χ0n) is 11.3. The highest BCUT2D eigenvalue weighted by Gasteiger charge is 2.26. The van der Waals surface area contributed by atoms with E-state index >= 15 is 0 Å². The minimum Gasteiger partial charge on any atom is -0.332 e. The van der Waals surface area contributed by atoms with Crippen molar-refractivity contribution in [3.8, 4) is 0 Å². The topological polar surface area (TPSA) is 80.5 Å². The summed E-state index contributed by atoms with van der Waals surface area (Å²) in [6.45, 7) is 7.49. The maximum atomic E-state index is 12.5. The van der Waals surface area contributed by atoms with Crippen LogP contribution in [-0.2, 0) is 10.0 Å². The van der Waals surface area contributed by atoms with Crippen molar-refractivity contribution in [2.75, 3.05) is 6.54 Å². The summed E-state index contributed by atoms with van der Waals surface area (Å²) >= 11 is 5.99. The van der Waals surface area contributed by atoms with Crippen LogP contribution in [-0.4, -0.2) is 31.8 Å². The Labute approximate surface area is 124 Å². The zero-order valence-corrected chi connectivity index (χ0v) is 12.9. The largest absolute Gasteiger partial charge is 0.332 e. The van der Waals surface area contributed by atoms with Gasteiger partial charge in [0.25, 0.3) is 5.91 Å². The van der Waals surface area contributed by atoms with Crippen LogP contribution in [0, 0.1) is 0 Å². The molecule has 2 N–H and O–H groups in total. The molecule has 0 spiro atoms. The predicted molar refractivity (Wildman–Crippen MR) is 79.2 cm³/mol. The highest BCUT2D eigenvalue weighted by Crippen LogP contribution is 2.25. The van der Waals surface area contributed by atoms with Crippen molar-refractivity contribution < 1.29 is 13.2 Å². The normalized spacial score (nSPS) is 11.4. The molecule has 0 fully saturated rings. The average Bonchev–Trinajstić information content (AvgIpc) is 2.33. The lowest BCUT2D eigenvalue weighted by atomic mass is 10.1. The smallest absolute Gasteiger partial charge is 0.257 e. The summed E-state index contributed by atoms with van der Waals surface area (Å²) in [6, 6.07) is 4.02. The number of nitrogens with zero attached hydrogens (tertiary/aromatic N) is 1. The van der Waals surface area contributed by atoms with Gasteiger partial charge in [0, 0.05) is 12.6 Å². The molecule has 0 saturated heterocycles. The fraction of sp³-hybridized carbons (Fsp3) is 0.308. The van der Waals surface area contributed by atoms with Crippen LogP contribution in [0.1, 0.15) is 24.2 Å². The number of rotatable bonds is 5. The first-order chi connectivity index (χ1) is 9.20. The Morgan fingerprint density at radius 1 is 1.50 bits per heavy atom. The molecule has 20 heavy (non-hydrogen) atoms. The molecule has 0 aliphatic heterocycles. The minimum atomic E-state index is -4.03. The molecule has 0 aliphatic rings. The second-order valence-corrected chi connectivity index (χ2v) is 6.43. The molecule has 0 aliphatic carbocycles. The molecule has 1 amide bonds. The second kappa shape index (κ2) is 6.39. The third kappa shape index (κ3) is 3.59. The maximum Gasteiger partial charge on any atom is 0.257 e. The Bertz CT molecular complexity index is 627. The van der Waals surface area contributed by atoms with E-state index in [0.717, 1.165) is 0 Å². The molecule has 1 aromatic carbocycles. The molecule has 0 atom stereocenters. The van der Waals surface area contributed by atoms with Gasteiger partial charge in [-0.25, -0.2) is 13.6 Å². The molecule has 1 rings (SSSR count). The molecule has 5 nitrogen and oxygen atoms in total. The first-order valence-corrected chi connectivity index (χ1v) is 7.85. The summed E-state index contributed by atoms with van der Waals surface area (Å²) in [5, 5.41) is 5.19. The van der Waals surface area contributed by atoms with Gasteiger partial charge in [-0.2, -0.15) is 0 Å². The summed E-state index contributed by atoms with van der Waals surface area (Å²) in [5.41, 5.74) is -0.104. The maximum absolute atomic E-state index is 12.5. The van der Waals surface area contributed by atoms with E-state index in [4.69, 9.17) is 16.7 Å². The number of hydrogen-bond acceptors (Lipinski definition) is 3. The van der Waals surface area contributed by atoms with Crippen molar-refractivity contribution in [2.45, 2.75) is 24.8 Å². The number of carbonyl (C=O) groups is 1. The average molecular weight is 317 g/mol. The molecular formula is C13H17ClN2O3S. The quantitative estimate of drug-likeness (QED) is 0.844. The number of nitrogens with two attached hydrogens (primary N) is 1. The van der Waals surface area contributed by atoms with E-state index in [-0.39, 0.29) is 28.1 Å². The van der Waals surface area contributed by atoms with Crippen LogP contribution in [0.25, 0.3) is 0 Å². The van der Waals surface area contributed by atoms with Crippen molar-refractivity contribution in [2.24, 2.45) is 5.14 Å². The van der Waals surface area contributed by atoms with Crippen LogP contribution in [0.4, 0.5) is 0 Å². The number of benzene rings is 1. The lowest BCUT2D eigenvalue weighted by Crippen LogP contribution is -2.38. The molecule has 110 valence electrons. The Kier molecular flexibility index (Phi) is 5.33. The first-order valence-electron chi connectivity index (χ1n) is 5.93. The summed E-state index contributed by atoms with van der Waals surface area (Å²) in [4.78, 5) is 13.7.